The van der Waals surface area contributed by atoms with E-state index < -0.39 is 34.1 Å². The number of nitrogens with zero attached hydrogens (tertiary/aromatic N) is 1. The molecule has 7 heteroatoms. The van der Waals surface area contributed by atoms with Gasteiger partial charge in [-0.1, -0.05) is 153 Å². The van der Waals surface area contributed by atoms with Crippen molar-refractivity contribution in [3.05, 3.63) is 341 Å². The van der Waals surface area contributed by atoms with Crippen LogP contribution in [0, 0.1) is 23.3 Å². The lowest BCUT2D eigenvalue weighted by Crippen LogP contribution is -2.29. The van der Waals surface area contributed by atoms with E-state index in [1.807, 2.05) is 164 Å². The molecule has 3 nitrogen and oxygen atoms in total. The molecular formula is C72H47F4NO2. The van der Waals surface area contributed by atoms with Crippen molar-refractivity contribution >= 4 is 29.2 Å². The number of benzene rings is 11. The van der Waals surface area contributed by atoms with Crippen molar-refractivity contribution in [2.24, 2.45) is 0 Å². The highest BCUT2D eigenvalue weighted by Gasteiger charge is 2.49. The molecule has 0 N–H and O–H groups in total. The molecule has 0 bridgehead atoms. The first-order valence-corrected chi connectivity index (χ1v) is 25.9. The maximum absolute atomic E-state index is 15.9. The monoisotopic (exact) mass is 1030 g/mol. The van der Waals surface area contributed by atoms with E-state index in [-0.39, 0.29) is 0 Å². The van der Waals surface area contributed by atoms with E-state index in [1.54, 1.807) is 12.2 Å². The van der Waals surface area contributed by atoms with E-state index in [0.717, 1.165) is 96.0 Å². The zero-order chi connectivity index (χ0) is 53.8. The highest BCUT2D eigenvalue weighted by molar-refractivity contribution is 5.92. The molecule has 0 saturated heterocycles. The Labute approximate surface area is 455 Å². The first-order chi connectivity index (χ1) is 38.6. The molecule has 2 aliphatic rings. The van der Waals surface area contributed by atoms with Crippen LogP contribution >= 0.6 is 0 Å². The Morgan fingerprint density at radius 2 is 0.646 bits per heavy atom. The number of hydrogen-bond donors (Lipinski definition) is 0. The van der Waals surface area contributed by atoms with Crippen molar-refractivity contribution in [2.45, 2.75) is 10.8 Å². The quantitative estimate of drug-likeness (QED) is 0.107. The van der Waals surface area contributed by atoms with Crippen molar-refractivity contribution in [3.8, 4) is 45.3 Å². The van der Waals surface area contributed by atoms with Gasteiger partial charge in [-0.2, -0.15) is 0 Å². The first-order valence-electron chi connectivity index (χ1n) is 25.9. The summed E-state index contributed by atoms with van der Waals surface area (Å²) in [5, 5.41) is 0. The summed E-state index contributed by atoms with van der Waals surface area (Å²) in [6, 6.07) is 76.7. The number of hydrogen-bond acceptors (Lipinski definition) is 3. The highest BCUT2D eigenvalue weighted by Crippen LogP contribution is 2.60. The van der Waals surface area contributed by atoms with Crippen molar-refractivity contribution < 1.29 is 27.0 Å². The molecule has 0 heterocycles. The minimum atomic E-state index is -1.22. The lowest BCUT2D eigenvalue weighted by molar-refractivity contribution is 0.482. The van der Waals surface area contributed by atoms with Crippen LogP contribution in [0.5, 0.6) is 23.0 Å². The van der Waals surface area contributed by atoms with E-state index in [4.69, 9.17) is 9.47 Å². The van der Waals surface area contributed by atoms with Crippen LogP contribution in [-0.2, 0) is 10.8 Å². The third-order valence-corrected chi connectivity index (χ3v) is 15.5. The normalized spacial score (nSPS) is 15.5. The van der Waals surface area contributed by atoms with Gasteiger partial charge in [-0.25, -0.2) is 17.6 Å². The fourth-order valence-electron chi connectivity index (χ4n) is 12.1. The Balaban J connectivity index is 1.01. The van der Waals surface area contributed by atoms with E-state index in [1.165, 1.54) is 24.3 Å². The van der Waals surface area contributed by atoms with Crippen LogP contribution in [0.15, 0.2) is 262 Å². The van der Waals surface area contributed by atoms with E-state index in [0.29, 0.717) is 34.1 Å². The molecule has 2 atom stereocenters. The molecule has 11 aromatic carbocycles. The van der Waals surface area contributed by atoms with Gasteiger partial charge in [0.1, 0.15) is 46.3 Å². The lowest BCUT2D eigenvalue weighted by atomic mass is 9.67. The summed E-state index contributed by atoms with van der Waals surface area (Å²) >= 11 is 0. The number of ether oxygens (including phenoxy) is 2. The van der Waals surface area contributed by atoms with Gasteiger partial charge in [-0.3, -0.25) is 0 Å². The third kappa shape index (κ3) is 8.21. The van der Waals surface area contributed by atoms with E-state index in [2.05, 4.69) is 66.6 Å². The number of anilines is 3. The molecule has 0 saturated carbocycles. The largest absolute Gasteiger partial charge is 0.457 e. The Kier molecular flexibility index (Phi) is 12.0. The standard InChI is InChI=1S/C72H47F4NO2/c1-3-46-18-28-59(29-19-46)78-61-32-22-48(23-33-61)71(50-38-52(73)42-53(74)39-50)67-16-10-8-14-63(67)65-36-26-57(44-69(65)71)77(56-12-6-5-7-13-56)58-27-37-66-64-15-9-11-17-68(64)72(70(66)45-58,51-40-54(75)43-55(76)41-51)49-24-34-62(35-25-49)79-60-30-20-47(4-2)21-31-60/h3-45H,1-2H2. The number of fused-ring (bicyclic) bond motifs is 6. The van der Waals surface area contributed by atoms with Gasteiger partial charge in [0.25, 0.3) is 0 Å². The van der Waals surface area contributed by atoms with Crippen LogP contribution in [0.1, 0.15) is 55.6 Å². The Hall–Kier alpha value is -9.98. The van der Waals surface area contributed by atoms with Gasteiger partial charge < -0.3 is 14.4 Å². The fourth-order valence-corrected chi connectivity index (χ4v) is 12.1. The van der Waals surface area contributed by atoms with Crippen LogP contribution in [0.4, 0.5) is 34.6 Å². The second-order valence-corrected chi connectivity index (χ2v) is 19.8. The Morgan fingerprint density at radius 3 is 1.03 bits per heavy atom. The van der Waals surface area contributed by atoms with Crippen LogP contribution in [0.3, 0.4) is 0 Å². The topological polar surface area (TPSA) is 21.7 Å². The smallest absolute Gasteiger partial charge is 0.127 e. The summed E-state index contributed by atoms with van der Waals surface area (Å²) in [5.74, 6) is -0.348. The number of para-hydroxylation sites is 1. The molecule has 0 spiro atoms. The summed E-state index contributed by atoms with van der Waals surface area (Å²) in [5.41, 5.74) is 11.2. The summed E-state index contributed by atoms with van der Waals surface area (Å²) in [6.45, 7) is 7.72. The molecular weight excluding hydrogens is 987 g/mol. The zero-order valence-electron chi connectivity index (χ0n) is 42.5. The molecule has 0 aromatic heterocycles. The van der Waals surface area contributed by atoms with Crippen molar-refractivity contribution in [2.75, 3.05) is 4.90 Å². The van der Waals surface area contributed by atoms with Crippen molar-refractivity contribution in [1.29, 1.82) is 0 Å². The minimum absolute atomic E-state index is 0.415. The van der Waals surface area contributed by atoms with Gasteiger partial charge in [0.2, 0.25) is 0 Å². The highest BCUT2D eigenvalue weighted by atomic mass is 19.1. The summed E-state index contributed by atoms with van der Waals surface area (Å²) in [7, 11) is 0. The molecule has 2 aliphatic carbocycles. The summed E-state index contributed by atoms with van der Waals surface area (Å²) < 4.78 is 76.2. The molecule has 11 aromatic rings. The average molecular weight is 1030 g/mol. The molecule has 2 unspecified atom stereocenters. The maximum atomic E-state index is 15.9. The minimum Gasteiger partial charge on any atom is -0.457 e. The zero-order valence-corrected chi connectivity index (χ0v) is 42.5. The van der Waals surface area contributed by atoms with Gasteiger partial charge in [0.15, 0.2) is 0 Å². The average Bonchev–Trinajstić information content (AvgIpc) is 4.12. The van der Waals surface area contributed by atoms with E-state index >= 15 is 17.6 Å². The maximum Gasteiger partial charge on any atom is 0.127 e. The molecule has 380 valence electrons. The molecule has 0 fully saturated rings. The fraction of sp³-hybridized carbons (Fsp3) is 0.0278. The third-order valence-electron chi connectivity index (χ3n) is 15.5. The van der Waals surface area contributed by atoms with Crippen LogP contribution in [0.2, 0.25) is 0 Å². The second-order valence-electron chi connectivity index (χ2n) is 19.8. The second kappa shape index (κ2) is 19.5. The predicted octanol–water partition coefficient (Wildman–Crippen LogP) is 19.3. The van der Waals surface area contributed by atoms with E-state index in [9.17, 15) is 0 Å². The number of halogens is 4. The molecule has 0 radical (unpaired) electrons. The molecule has 0 amide bonds. The molecule has 79 heavy (non-hydrogen) atoms. The first kappa shape index (κ1) is 48.6. The van der Waals surface area contributed by atoms with Crippen LogP contribution in [-0.4, -0.2) is 0 Å². The SMILES string of the molecule is C=Cc1ccc(Oc2ccc(C3(c4cc(F)cc(F)c4)c4ccccc4-c4ccc(N(c5ccccc5)c5ccc6c(c5)C(c5ccc(Oc7ccc(C=C)cc7)cc5)(c5cc(F)cc(F)c5)c5ccccc5-6)cc43)cc2)cc1. The summed E-state index contributed by atoms with van der Waals surface area (Å²) in [4.78, 5) is 2.16. The predicted molar refractivity (Wildman–Crippen MR) is 309 cm³/mol. The van der Waals surface area contributed by atoms with Gasteiger partial charge in [-0.05, 0) is 187 Å². The molecule has 0 aliphatic heterocycles. The van der Waals surface area contributed by atoms with Crippen LogP contribution in [0.25, 0.3) is 34.4 Å². The van der Waals surface area contributed by atoms with Crippen LogP contribution < -0.4 is 14.4 Å². The Morgan fingerprint density at radius 1 is 0.304 bits per heavy atom. The van der Waals surface area contributed by atoms with Gasteiger partial charge in [0.05, 0.1) is 10.8 Å². The van der Waals surface area contributed by atoms with Gasteiger partial charge in [0, 0.05) is 29.2 Å². The Bertz CT molecular complexity index is 3870. The van der Waals surface area contributed by atoms with Gasteiger partial charge >= 0.3 is 0 Å². The number of rotatable bonds is 13. The molecule has 13 rings (SSSR count). The van der Waals surface area contributed by atoms with Crippen molar-refractivity contribution in [3.63, 3.8) is 0 Å². The summed E-state index contributed by atoms with van der Waals surface area (Å²) in [6.07, 6.45) is 3.54. The van der Waals surface area contributed by atoms with Gasteiger partial charge in [-0.15, -0.1) is 0 Å². The lowest BCUT2D eigenvalue weighted by Gasteiger charge is -2.36. The van der Waals surface area contributed by atoms with Crippen molar-refractivity contribution in [1.82, 2.24) is 0 Å².